The Balaban J connectivity index is 1.77. The highest BCUT2D eigenvalue weighted by atomic mass is 16.5. The average molecular weight is 183 g/mol. The molecule has 13 heavy (non-hydrogen) atoms. The minimum atomic E-state index is 0.818. The lowest BCUT2D eigenvalue weighted by Gasteiger charge is -2.30. The van der Waals surface area contributed by atoms with Crippen LogP contribution in [0.4, 0.5) is 0 Å². The molecule has 0 radical (unpaired) electrons. The second-order valence-corrected chi connectivity index (χ2v) is 4.64. The first-order chi connectivity index (χ1) is 6.40. The number of hydrogen-bond donors (Lipinski definition) is 1. The van der Waals surface area contributed by atoms with Gasteiger partial charge in [0.1, 0.15) is 0 Å². The molecule has 2 N–H and O–H groups in total. The Morgan fingerprint density at radius 3 is 2.31 bits per heavy atom. The molecule has 2 aliphatic rings. The minimum Gasteiger partial charge on any atom is -0.381 e. The molecule has 0 spiro atoms. The largest absolute Gasteiger partial charge is 0.381 e. The summed E-state index contributed by atoms with van der Waals surface area (Å²) in [6, 6.07) is 0. The fraction of sp³-hybridized carbons (Fsp3) is 1.00. The number of ether oxygens (including phenoxy) is 1. The molecular formula is C11H21NO. The van der Waals surface area contributed by atoms with Gasteiger partial charge in [0.2, 0.25) is 0 Å². The molecule has 76 valence electrons. The molecule has 0 amide bonds. The fourth-order valence-electron chi connectivity index (χ4n) is 2.82. The van der Waals surface area contributed by atoms with Crippen molar-refractivity contribution in [1.29, 1.82) is 0 Å². The van der Waals surface area contributed by atoms with Gasteiger partial charge in [-0.05, 0) is 56.4 Å². The van der Waals surface area contributed by atoms with Crippen LogP contribution in [-0.4, -0.2) is 19.8 Å². The monoisotopic (exact) mass is 183 g/mol. The van der Waals surface area contributed by atoms with Gasteiger partial charge in [0.15, 0.2) is 0 Å². The quantitative estimate of drug-likeness (QED) is 0.708. The smallest absolute Gasteiger partial charge is 0.0497 e. The van der Waals surface area contributed by atoms with Crippen LogP contribution in [0.25, 0.3) is 0 Å². The molecule has 0 aromatic heterocycles. The predicted octanol–water partition coefficient (Wildman–Crippen LogP) is 1.79. The maximum absolute atomic E-state index is 5.68. The average Bonchev–Trinajstić information content (AvgIpc) is 2.71. The van der Waals surface area contributed by atoms with Crippen LogP contribution in [0.2, 0.25) is 0 Å². The first-order valence-corrected chi connectivity index (χ1v) is 5.68. The van der Waals surface area contributed by atoms with E-state index in [1.165, 1.54) is 32.1 Å². The van der Waals surface area contributed by atoms with Crippen LogP contribution >= 0.6 is 0 Å². The van der Waals surface area contributed by atoms with Gasteiger partial charge in [0, 0.05) is 13.2 Å². The van der Waals surface area contributed by atoms with E-state index in [0.29, 0.717) is 0 Å². The third-order valence-corrected chi connectivity index (χ3v) is 3.86. The van der Waals surface area contributed by atoms with E-state index >= 15 is 0 Å². The Labute approximate surface area is 80.8 Å². The Bertz CT molecular complexity index is 146. The molecule has 1 saturated heterocycles. The van der Waals surface area contributed by atoms with Crippen LogP contribution in [0.3, 0.4) is 0 Å². The predicted molar refractivity (Wildman–Crippen MR) is 53.4 cm³/mol. The highest BCUT2D eigenvalue weighted by Crippen LogP contribution is 2.36. The first-order valence-electron chi connectivity index (χ1n) is 5.68. The van der Waals surface area contributed by atoms with E-state index in [1.807, 2.05) is 0 Å². The van der Waals surface area contributed by atoms with Crippen molar-refractivity contribution < 1.29 is 4.74 Å². The van der Waals surface area contributed by atoms with Crippen molar-refractivity contribution in [3.8, 4) is 0 Å². The van der Waals surface area contributed by atoms with Crippen LogP contribution in [0.15, 0.2) is 0 Å². The molecule has 1 heterocycles. The van der Waals surface area contributed by atoms with Gasteiger partial charge in [-0.2, -0.15) is 0 Å². The van der Waals surface area contributed by atoms with Gasteiger partial charge in [-0.1, -0.05) is 0 Å². The number of hydrogen-bond acceptors (Lipinski definition) is 2. The molecule has 1 aliphatic carbocycles. The van der Waals surface area contributed by atoms with Crippen molar-refractivity contribution >= 4 is 0 Å². The van der Waals surface area contributed by atoms with E-state index in [4.69, 9.17) is 10.5 Å². The van der Waals surface area contributed by atoms with Gasteiger partial charge in [-0.15, -0.1) is 0 Å². The topological polar surface area (TPSA) is 35.2 Å². The van der Waals surface area contributed by atoms with Crippen LogP contribution in [0, 0.1) is 17.8 Å². The van der Waals surface area contributed by atoms with Gasteiger partial charge in [-0.3, -0.25) is 0 Å². The summed E-state index contributed by atoms with van der Waals surface area (Å²) >= 11 is 0. The van der Waals surface area contributed by atoms with Crippen LogP contribution in [-0.2, 0) is 4.74 Å². The van der Waals surface area contributed by atoms with Crippen molar-refractivity contribution in [2.24, 2.45) is 23.5 Å². The molecule has 2 heteroatoms. The van der Waals surface area contributed by atoms with Crippen molar-refractivity contribution in [3.05, 3.63) is 0 Å². The molecule has 0 bridgehead atoms. The van der Waals surface area contributed by atoms with E-state index < -0.39 is 0 Å². The van der Waals surface area contributed by atoms with Crippen LogP contribution in [0.1, 0.15) is 32.1 Å². The zero-order valence-corrected chi connectivity index (χ0v) is 8.37. The zero-order valence-electron chi connectivity index (χ0n) is 8.37. The lowest BCUT2D eigenvalue weighted by atomic mass is 9.75. The van der Waals surface area contributed by atoms with E-state index in [9.17, 15) is 0 Å². The molecule has 0 aromatic carbocycles. The standard InChI is InChI=1S/C11H21NO/c12-7-9-1-3-10(4-2-9)11-5-6-13-8-11/h9-11H,1-8,12H2. The molecular weight excluding hydrogens is 162 g/mol. The van der Waals surface area contributed by atoms with E-state index in [1.54, 1.807) is 0 Å². The zero-order chi connectivity index (χ0) is 9.10. The highest BCUT2D eigenvalue weighted by molar-refractivity contribution is 4.79. The number of rotatable bonds is 2. The third-order valence-electron chi connectivity index (χ3n) is 3.86. The molecule has 0 aromatic rings. The van der Waals surface area contributed by atoms with E-state index in [-0.39, 0.29) is 0 Å². The molecule has 1 saturated carbocycles. The minimum absolute atomic E-state index is 0.818. The third kappa shape index (κ3) is 2.23. The van der Waals surface area contributed by atoms with Gasteiger partial charge >= 0.3 is 0 Å². The van der Waals surface area contributed by atoms with E-state index in [0.717, 1.165) is 37.5 Å². The summed E-state index contributed by atoms with van der Waals surface area (Å²) < 4.78 is 5.44. The first kappa shape index (κ1) is 9.47. The summed E-state index contributed by atoms with van der Waals surface area (Å²) in [7, 11) is 0. The second kappa shape index (κ2) is 4.43. The van der Waals surface area contributed by atoms with Crippen LogP contribution < -0.4 is 5.73 Å². The molecule has 2 rings (SSSR count). The SMILES string of the molecule is NCC1CCC(C2CCOC2)CC1. The normalized spacial score (nSPS) is 40.8. The second-order valence-electron chi connectivity index (χ2n) is 4.64. The Hall–Kier alpha value is -0.0800. The molecule has 1 unspecified atom stereocenters. The molecule has 2 fully saturated rings. The highest BCUT2D eigenvalue weighted by Gasteiger charge is 2.29. The maximum atomic E-state index is 5.68. The Kier molecular flexibility index (Phi) is 3.23. The van der Waals surface area contributed by atoms with Gasteiger partial charge in [-0.25, -0.2) is 0 Å². The Morgan fingerprint density at radius 1 is 1.00 bits per heavy atom. The lowest BCUT2D eigenvalue weighted by molar-refractivity contribution is 0.150. The summed E-state index contributed by atoms with van der Waals surface area (Å²) in [6.45, 7) is 2.92. The summed E-state index contributed by atoms with van der Waals surface area (Å²) in [6.07, 6.45) is 6.82. The van der Waals surface area contributed by atoms with Crippen molar-refractivity contribution in [2.45, 2.75) is 32.1 Å². The summed E-state index contributed by atoms with van der Waals surface area (Å²) in [5.74, 6) is 2.64. The van der Waals surface area contributed by atoms with E-state index in [2.05, 4.69) is 0 Å². The number of nitrogens with two attached hydrogens (primary N) is 1. The Morgan fingerprint density at radius 2 is 1.77 bits per heavy atom. The van der Waals surface area contributed by atoms with Gasteiger partial charge in [0.25, 0.3) is 0 Å². The summed E-state index contributed by atoms with van der Waals surface area (Å²) in [5.41, 5.74) is 5.68. The fourth-order valence-corrected chi connectivity index (χ4v) is 2.82. The van der Waals surface area contributed by atoms with Crippen molar-refractivity contribution in [3.63, 3.8) is 0 Å². The summed E-state index contributed by atoms with van der Waals surface area (Å²) in [4.78, 5) is 0. The summed E-state index contributed by atoms with van der Waals surface area (Å²) in [5, 5.41) is 0. The molecule has 1 aliphatic heterocycles. The van der Waals surface area contributed by atoms with Crippen LogP contribution in [0.5, 0.6) is 0 Å². The maximum Gasteiger partial charge on any atom is 0.0497 e. The van der Waals surface area contributed by atoms with Gasteiger partial charge < -0.3 is 10.5 Å². The molecule has 2 nitrogen and oxygen atoms in total. The molecule has 1 atom stereocenters. The lowest BCUT2D eigenvalue weighted by Crippen LogP contribution is -2.25. The van der Waals surface area contributed by atoms with Crippen molar-refractivity contribution in [1.82, 2.24) is 0 Å². The van der Waals surface area contributed by atoms with Crippen molar-refractivity contribution in [2.75, 3.05) is 19.8 Å². The van der Waals surface area contributed by atoms with Gasteiger partial charge in [0.05, 0.1) is 0 Å².